The molecule has 0 aliphatic heterocycles. The fourth-order valence-corrected chi connectivity index (χ4v) is 2.16. The van der Waals surface area contributed by atoms with Gasteiger partial charge in [-0.25, -0.2) is 0 Å². The van der Waals surface area contributed by atoms with Crippen molar-refractivity contribution in [3.63, 3.8) is 0 Å². The zero-order valence-electron chi connectivity index (χ0n) is 11.5. The highest BCUT2D eigenvalue weighted by Crippen LogP contribution is 2.23. The van der Waals surface area contributed by atoms with Crippen molar-refractivity contribution in [2.75, 3.05) is 0 Å². The second-order valence-corrected chi connectivity index (χ2v) is 4.72. The molecule has 2 rings (SSSR count). The Kier molecular flexibility index (Phi) is 4.45. The monoisotopic (exact) mass is 256 g/mol. The molecule has 1 N–H and O–H groups in total. The van der Waals surface area contributed by atoms with Gasteiger partial charge in [-0.1, -0.05) is 43.3 Å². The van der Waals surface area contributed by atoms with Crippen LogP contribution >= 0.6 is 0 Å². The number of benzene rings is 2. The van der Waals surface area contributed by atoms with Crippen molar-refractivity contribution in [1.82, 2.24) is 0 Å². The molecule has 0 bridgehead atoms. The van der Waals surface area contributed by atoms with E-state index in [1.807, 2.05) is 43.3 Å². The van der Waals surface area contributed by atoms with E-state index in [1.165, 1.54) is 5.56 Å². The summed E-state index contributed by atoms with van der Waals surface area (Å²) in [4.78, 5) is 0. The van der Waals surface area contributed by atoms with E-state index in [2.05, 4.69) is 13.0 Å². The summed E-state index contributed by atoms with van der Waals surface area (Å²) in [6.45, 7) is 4.15. The third-order valence-electron chi connectivity index (χ3n) is 3.18. The van der Waals surface area contributed by atoms with Gasteiger partial charge in [-0.3, -0.25) is 0 Å². The van der Waals surface area contributed by atoms with Crippen LogP contribution in [0.3, 0.4) is 0 Å². The number of phenolic OH excluding ortho intramolecular Hbond substituents is 1. The molecular formula is C17H20O2. The minimum atomic E-state index is 0.0287. The average molecular weight is 256 g/mol. The summed E-state index contributed by atoms with van der Waals surface area (Å²) < 4.78 is 5.98. The molecule has 0 heterocycles. The summed E-state index contributed by atoms with van der Waals surface area (Å²) in [6.07, 6.45) is 1.69. The van der Waals surface area contributed by atoms with Crippen molar-refractivity contribution in [1.29, 1.82) is 0 Å². The van der Waals surface area contributed by atoms with Gasteiger partial charge in [-0.05, 0) is 36.6 Å². The van der Waals surface area contributed by atoms with E-state index in [-0.39, 0.29) is 6.10 Å². The molecule has 19 heavy (non-hydrogen) atoms. The van der Waals surface area contributed by atoms with E-state index >= 15 is 0 Å². The summed E-state index contributed by atoms with van der Waals surface area (Å²) in [5.41, 5.74) is 2.13. The van der Waals surface area contributed by atoms with Crippen LogP contribution in [0.5, 0.6) is 11.5 Å². The maximum atomic E-state index is 9.77. The van der Waals surface area contributed by atoms with Gasteiger partial charge in [0.25, 0.3) is 0 Å². The number of ether oxygens (including phenoxy) is 1. The van der Waals surface area contributed by atoms with Crippen molar-refractivity contribution >= 4 is 0 Å². The Labute approximate surface area is 114 Å². The average Bonchev–Trinajstić information content (AvgIpc) is 2.42. The van der Waals surface area contributed by atoms with Crippen molar-refractivity contribution in [2.24, 2.45) is 0 Å². The lowest BCUT2D eigenvalue weighted by molar-refractivity contribution is 0.219. The normalized spacial score (nSPS) is 12.1. The standard InChI is InChI=1S/C17H20O2/c1-3-14-8-5-7-11-17(14)19-13(2)12-15-9-4-6-10-16(15)18/h4-11,13,18H,3,12H2,1-2H3. The Hall–Kier alpha value is -1.96. The Morgan fingerprint density at radius 1 is 1.00 bits per heavy atom. The molecule has 0 saturated heterocycles. The van der Waals surface area contributed by atoms with Crippen LogP contribution in [-0.4, -0.2) is 11.2 Å². The smallest absolute Gasteiger partial charge is 0.122 e. The number of para-hydroxylation sites is 2. The summed E-state index contributed by atoms with van der Waals surface area (Å²) in [7, 11) is 0. The Morgan fingerprint density at radius 2 is 1.63 bits per heavy atom. The number of rotatable bonds is 5. The van der Waals surface area contributed by atoms with E-state index in [9.17, 15) is 5.11 Å². The second-order valence-electron chi connectivity index (χ2n) is 4.72. The molecule has 2 nitrogen and oxygen atoms in total. The SMILES string of the molecule is CCc1ccccc1OC(C)Cc1ccccc1O. The minimum absolute atomic E-state index is 0.0287. The zero-order valence-corrected chi connectivity index (χ0v) is 11.5. The Bertz CT molecular complexity index is 534. The van der Waals surface area contributed by atoms with Crippen molar-refractivity contribution in [3.05, 3.63) is 59.7 Å². The first kappa shape index (κ1) is 13.5. The number of hydrogen-bond donors (Lipinski definition) is 1. The Morgan fingerprint density at radius 3 is 2.32 bits per heavy atom. The molecular weight excluding hydrogens is 236 g/mol. The van der Waals surface area contributed by atoms with Gasteiger partial charge in [0, 0.05) is 6.42 Å². The second kappa shape index (κ2) is 6.28. The van der Waals surface area contributed by atoms with Crippen molar-refractivity contribution in [3.8, 4) is 11.5 Å². The molecule has 0 spiro atoms. The third-order valence-corrected chi connectivity index (χ3v) is 3.18. The molecule has 0 amide bonds. The molecule has 1 unspecified atom stereocenters. The van der Waals surface area contributed by atoms with Gasteiger partial charge in [0.1, 0.15) is 17.6 Å². The lowest BCUT2D eigenvalue weighted by Gasteiger charge is -2.17. The van der Waals surface area contributed by atoms with Crippen LogP contribution in [0, 0.1) is 0 Å². The van der Waals surface area contributed by atoms with Crippen molar-refractivity contribution < 1.29 is 9.84 Å². The molecule has 2 heteroatoms. The van der Waals surface area contributed by atoms with Gasteiger partial charge in [0.15, 0.2) is 0 Å². The third kappa shape index (κ3) is 3.50. The molecule has 0 aromatic heterocycles. The van der Waals surface area contributed by atoms with Crippen molar-refractivity contribution in [2.45, 2.75) is 32.8 Å². The lowest BCUT2D eigenvalue weighted by Crippen LogP contribution is -2.16. The highest BCUT2D eigenvalue weighted by atomic mass is 16.5. The maximum absolute atomic E-state index is 9.77. The van der Waals surface area contributed by atoms with E-state index in [0.717, 1.165) is 17.7 Å². The van der Waals surface area contributed by atoms with Crippen LogP contribution in [0.25, 0.3) is 0 Å². The van der Waals surface area contributed by atoms with Gasteiger partial charge in [-0.15, -0.1) is 0 Å². The van der Waals surface area contributed by atoms with Gasteiger partial charge in [0.2, 0.25) is 0 Å². The van der Waals surface area contributed by atoms with Crippen LogP contribution in [0.2, 0.25) is 0 Å². The highest BCUT2D eigenvalue weighted by Gasteiger charge is 2.10. The first-order valence-corrected chi connectivity index (χ1v) is 6.72. The van der Waals surface area contributed by atoms with Crippen LogP contribution in [0.4, 0.5) is 0 Å². The van der Waals surface area contributed by atoms with Gasteiger partial charge < -0.3 is 9.84 Å². The zero-order chi connectivity index (χ0) is 13.7. The topological polar surface area (TPSA) is 29.5 Å². The van der Waals surface area contributed by atoms with Crippen LogP contribution in [0.15, 0.2) is 48.5 Å². The molecule has 2 aromatic carbocycles. The first-order valence-electron chi connectivity index (χ1n) is 6.72. The number of aryl methyl sites for hydroxylation is 1. The molecule has 0 aliphatic carbocycles. The fourth-order valence-electron chi connectivity index (χ4n) is 2.16. The fraction of sp³-hybridized carbons (Fsp3) is 0.294. The number of hydrogen-bond acceptors (Lipinski definition) is 2. The van der Waals surface area contributed by atoms with Gasteiger partial charge >= 0.3 is 0 Å². The largest absolute Gasteiger partial charge is 0.508 e. The maximum Gasteiger partial charge on any atom is 0.122 e. The minimum Gasteiger partial charge on any atom is -0.508 e. The van der Waals surface area contributed by atoms with E-state index in [0.29, 0.717) is 12.2 Å². The van der Waals surface area contributed by atoms with Gasteiger partial charge in [0.05, 0.1) is 0 Å². The highest BCUT2D eigenvalue weighted by molar-refractivity contribution is 5.35. The molecule has 2 aromatic rings. The molecule has 1 atom stereocenters. The summed E-state index contributed by atoms with van der Waals surface area (Å²) >= 11 is 0. The van der Waals surface area contributed by atoms with Gasteiger partial charge in [-0.2, -0.15) is 0 Å². The summed E-state index contributed by atoms with van der Waals surface area (Å²) in [6, 6.07) is 15.5. The summed E-state index contributed by atoms with van der Waals surface area (Å²) in [5, 5.41) is 9.77. The molecule has 100 valence electrons. The van der Waals surface area contributed by atoms with E-state index in [4.69, 9.17) is 4.74 Å². The molecule has 0 radical (unpaired) electrons. The number of aromatic hydroxyl groups is 1. The van der Waals surface area contributed by atoms with E-state index in [1.54, 1.807) is 6.07 Å². The molecule has 0 fully saturated rings. The van der Waals surface area contributed by atoms with Crippen LogP contribution in [0.1, 0.15) is 25.0 Å². The Balaban J connectivity index is 2.05. The predicted octanol–water partition coefficient (Wildman–Crippen LogP) is 3.96. The first-order chi connectivity index (χ1) is 9.20. The molecule has 0 saturated carbocycles. The summed E-state index contributed by atoms with van der Waals surface area (Å²) in [5.74, 6) is 1.27. The van der Waals surface area contributed by atoms with E-state index < -0.39 is 0 Å². The predicted molar refractivity (Wildman–Crippen MR) is 77.7 cm³/mol. The quantitative estimate of drug-likeness (QED) is 0.877. The number of phenols is 1. The lowest BCUT2D eigenvalue weighted by atomic mass is 10.1. The van der Waals surface area contributed by atoms with Crippen LogP contribution < -0.4 is 4.74 Å². The molecule has 0 aliphatic rings. The van der Waals surface area contributed by atoms with Crippen LogP contribution in [-0.2, 0) is 12.8 Å².